The fraction of sp³-hybridized carbons (Fsp3) is 0.600. The molecule has 5 heteroatoms. The largest absolute Gasteiger partial charge is 0.369 e. The van der Waals surface area contributed by atoms with Crippen molar-refractivity contribution in [2.75, 3.05) is 18.8 Å². The molecule has 1 atom stereocenters. The van der Waals surface area contributed by atoms with Crippen LogP contribution in [-0.4, -0.2) is 38.6 Å². The van der Waals surface area contributed by atoms with Gasteiger partial charge in [0.2, 0.25) is 5.95 Å². The summed E-state index contributed by atoms with van der Waals surface area (Å²) in [5.74, 6) is 1.22. The zero-order chi connectivity index (χ0) is 14.3. The third-order valence-corrected chi connectivity index (χ3v) is 4.25. The normalized spacial score (nSPS) is 20.3. The van der Waals surface area contributed by atoms with Crippen LogP contribution in [0.5, 0.6) is 0 Å². The minimum Gasteiger partial charge on any atom is -0.369 e. The van der Waals surface area contributed by atoms with Crippen molar-refractivity contribution < 1.29 is 0 Å². The number of fused-ring (bicyclic) bond motifs is 1. The molecule has 1 unspecified atom stereocenters. The number of aryl methyl sites for hydroxylation is 1. The lowest BCUT2D eigenvalue weighted by Gasteiger charge is -2.20. The zero-order valence-corrected chi connectivity index (χ0v) is 12.5. The van der Waals surface area contributed by atoms with Crippen LogP contribution >= 0.6 is 0 Å². The fourth-order valence-corrected chi connectivity index (χ4v) is 3.03. The van der Waals surface area contributed by atoms with Crippen LogP contribution in [0, 0.1) is 12.8 Å². The SMILES string of the molecule is Cc1ccc2nc(N)n(CC3CCN(C(C)C)C3)c2n1. The maximum Gasteiger partial charge on any atom is 0.202 e. The highest BCUT2D eigenvalue weighted by Gasteiger charge is 2.25. The summed E-state index contributed by atoms with van der Waals surface area (Å²) in [6.07, 6.45) is 1.23. The molecule has 20 heavy (non-hydrogen) atoms. The van der Waals surface area contributed by atoms with Crippen LogP contribution < -0.4 is 5.73 Å². The Morgan fingerprint density at radius 2 is 2.15 bits per heavy atom. The molecule has 3 rings (SSSR count). The van der Waals surface area contributed by atoms with Crippen LogP contribution in [0.3, 0.4) is 0 Å². The van der Waals surface area contributed by atoms with Gasteiger partial charge in [0.15, 0.2) is 5.65 Å². The van der Waals surface area contributed by atoms with E-state index < -0.39 is 0 Å². The van der Waals surface area contributed by atoms with Gasteiger partial charge in [0, 0.05) is 24.8 Å². The van der Waals surface area contributed by atoms with E-state index in [0.717, 1.165) is 29.9 Å². The molecule has 5 nitrogen and oxygen atoms in total. The maximum atomic E-state index is 6.07. The number of aromatic nitrogens is 3. The Bertz CT molecular complexity index is 616. The minimum absolute atomic E-state index is 0.584. The Morgan fingerprint density at radius 1 is 1.35 bits per heavy atom. The van der Waals surface area contributed by atoms with Crippen LogP contribution in [0.2, 0.25) is 0 Å². The summed E-state index contributed by atoms with van der Waals surface area (Å²) in [7, 11) is 0. The van der Waals surface area contributed by atoms with Gasteiger partial charge < -0.3 is 10.6 Å². The van der Waals surface area contributed by atoms with Gasteiger partial charge in [0.05, 0.1) is 0 Å². The van der Waals surface area contributed by atoms with Crippen LogP contribution in [0.25, 0.3) is 11.2 Å². The highest BCUT2D eigenvalue weighted by Crippen LogP contribution is 2.24. The molecule has 1 aliphatic rings. The summed E-state index contributed by atoms with van der Waals surface area (Å²) in [5.41, 5.74) is 8.90. The van der Waals surface area contributed by atoms with Crippen molar-refractivity contribution in [1.29, 1.82) is 0 Å². The number of hydrogen-bond acceptors (Lipinski definition) is 4. The van der Waals surface area contributed by atoms with Gasteiger partial charge in [-0.1, -0.05) is 0 Å². The van der Waals surface area contributed by atoms with Gasteiger partial charge in [-0.05, 0) is 51.8 Å². The first-order chi connectivity index (χ1) is 9.54. The Kier molecular flexibility index (Phi) is 3.38. The molecule has 1 saturated heterocycles. The monoisotopic (exact) mass is 273 g/mol. The first-order valence-electron chi connectivity index (χ1n) is 7.38. The van der Waals surface area contributed by atoms with E-state index in [1.54, 1.807) is 0 Å². The van der Waals surface area contributed by atoms with Gasteiger partial charge in [0.25, 0.3) is 0 Å². The average Bonchev–Trinajstić information content (AvgIpc) is 2.97. The number of nitrogen functional groups attached to an aromatic ring is 1. The molecule has 2 N–H and O–H groups in total. The molecule has 2 aromatic heterocycles. The highest BCUT2D eigenvalue weighted by molar-refractivity contribution is 5.74. The van der Waals surface area contributed by atoms with Crippen molar-refractivity contribution in [2.24, 2.45) is 5.92 Å². The van der Waals surface area contributed by atoms with Gasteiger partial charge in [0.1, 0.15) is 5.52 Å². The second kappa shape index (κ2) is 5.05. The van der Waals surface area contributed by atoms with E-state index in [1.165, 1.54) is 13.0 Å². The molecule has 1 fully saturated rings. The Labute approximate surface area is 119 Å². The van der Waals surface area contributed by atoms with Crippen LogP contribution in [0.4, 0.5) is 5.95 Å². The van der Waals surface area contributed by atoms with Crippen molar-refractivity contribution in [3.05, 3.63) is 17.8 Å². The molecule has 0 aliphatic carbocycles. The highest BCUT2D eigenvalue weighted by atomic mass is 15.2. The first-order valence-corrected chi connectivity index (χ1v) is 7.38. The van der Waals surface area contributed by atoms with Gasteiger partial charge in [-0.3, -0.25) is 4.57 Å². The van der Waals surface area contributed by atoms with Crippen molar-refractivity contribution in [3.63, 3.8) is 0 Å². The smallest absolute Gasteiger partial charge is 0.202 e. The van der Waals surface area contributed by atoms with Gasteiger partial charge >= 0.3 is 0 Å². The van der Waals surface area contributed by atoms with Crippen molar-refractivity contribution >= 4 is 17.1 Å². The van der Waals surface area contributed by atoms with Crippen molar-refractivity contribution in [1.82, 2.24) is 19.4 Å². The Balaban J connectivity index is 1.84. The second-order valence-electron chi connectivity index (χ2n) is 6.12. The van der Waals surface area contributed by atoms with E-state index in [-0.39, 0.29) is 0 Å². The molecular formula is C15H23N5. The lowest BCUT2D eigenvalue weighted by Crippen LogP contribution is -2.28. The third kappa shape index (κ3) is 2.38. The van der Waals surface area contributed by atoms with Crippen molar-refractivity contribution in [3.8, 4) is 0 Å². The van der Waals surface area contributed by atoms with Crippen LogP contribution in [-0.2, 0) is 6.54 Å². The fourth-order valence-electron chi connectivity index (χ4n) is 3.03. The quantitative estimate of drug-likeness (QED) is 0.930. The number of likely N-dealkylation sites (tertiary alicyclic amines) is 1. The summed E-state index contributed by atoms with van der Waals surface area (Å²) < 4.78 is 2.08. The predicted molar refractivity (Wildman–Crippen MR) is 81.5 cm³/mol. The molecule has 0 bridgehead atoms. The Hall–Kier alpha value is -1.62. The lowest BCUT2D eigenvalue weighted by atomic mass is 10.1. The summed E-state index contributed by atoms with van der Waals surface area (Å²) in [6.45, 7) is 9.76. The van der Waals surface area contributed by atoms with E-state index in [4.69, 9.17) is 5.73 Å². The predicted octanol–water partition coefficient (Wildman–Crippen LogP) is 2.05. The third-order valence-electron chi connectivity index (χ3n) is 4.25. The minimum atomic E-state index is 0.584. The van der Waals surface area contributed by atoms with E-state index in [0.29, 0.717) is 17.9 Å². The molecule has 1 aliphatic heterocycles. The molecule has 0 amide bonds. The number of nitrogens with zero attached hydrogens (tertiary/aromatic N) is 4. The van der Waals surface area contributed by atoms with E-state index in [1.807, 2.05) is 19.1 Å². The van der Waals surface area contributed by atoms with Crippen LogP contribution in [0.15, 0.2) is 12.1 Å². The number of nitrogens with two attached hydrogens (primary N) is 1. The summed E-state index contributed by atoms with van der Waals surface area (Å²) in [5, 5.41) is 0. The zero-order valence-electron chi connectivity index (χ0n) is 12.5. The maximum absolute atomic E-state index is 6.07. The van der Waals surface area contributed by atoms with E-state index in [2.05, 4.69) is 33.3 Å². The molecule has 108 valence electrons. The number of pyridine rings is 1. The van der Waals surface area contributed by atoms with Crippen LogP contribution in [0.1, 0.15) is 26.0 Å². The first kappa shape index (κ1) is 13.4. The number of hydrogen-bond donors (Lipinski definition) is 1. The summed E-state index contributed by atoms with van der Waals surface area (Å²) >= 11 is 0. The molecule has 0 radical (unpaired) electrons. The number of imidazole rings is 1. The summed E-state index contributed by atoms with van der Waals surface area (Å²) in [4.78, 5) is 11.5. The second-order valence-corrected chi connectivity index (χ2v) is 6.12. The molecular weight excluding hydrogens is 250 g/mol. The van der Waals surface area contributed by atoms with Gasteiger partial charge in [-0.2, -0.15) is 0 Å². The Morgan fingerprint density at radius 3 is 2.85 bits per heavy atom. The van der Waals surface area contributed by atoms with E-state index >= 15 is 0 Å². The molecule has 2 aromatic rings. The van der Waals surface area contributed by atoms with E-state index in [9.17, 15) is 0 Å². The molecule has 3 heterocycles. The molecule has 0 saturated carbocycles. The van der Waals surface area contributed by atoms with Gasteiger partial charge in [-0.25, -0.2) is 9.97 Å². The number of anilines is 1. The molecule has 0 spiro atoms. The van der Waals surface area contributed by atoms with Crippen molar-refractivity contribution in [2.45, 2.75) is 39.8 Å². The average molecular weight is 273 g/mol. The van der Waals surface area contributed by atoms with Gasteiger partial charge in [-0.15, -0.1) is 0 Å². The number of rotatable bonds is 3. The standard InChI is InChI=1S/C15H23N5/c1-10(2)19-7-6-12(8-19)9-20-14-13(18-15(20)16)5-4-11(3)17-14/h4-5,10,12H,6-9H2,1-3H3,(H2,16,18). The summed E-state index contributed by atoms with van der Waals surface area (Å²) in [6, 6.07) is 4.60. The topological polar surface area (TPSA) is 60.0 Å². The lowest BCUT2D eigenvalue weighted by molar-refractivity contribution is 0.261. The molecule has 0 aromatic carbocycles.